The van der Waals surface area contributed by atoms with Gasteiger partial charge in [0.05, 0.1) is 17.1 Å². The molecule has 186 valence electrons. The topological polar surface area (TPSA) is 101 Å². The molecule has 1 aromatic heterocycles. The van der Waals surface area contributed by atoms with E-state index >= 15 is 0 Å². The van der Waals surface area contributed by atoms with Crippen molar-refractivity contribution in [3.8, 4) is 0 Å². The predicted molar refractivity (Wildman–Crippen MR) is 140 cm³/mol. The number of nitrogens with zero attached hydrogens (tertiary/aromatic N) is 2. The molecule has 2 heterocycles. The maximum Gasteiger partial charge on any atom is 0.297 e. The second kappa shape index (κ2) is 9.66. The van der Waals surface area contributed by atoms with E-state index < -0.39 is 39.3 Å². The molecule has 1 amide bonds. The third-order valence-corrected chi connectivity index (χ3v) is 9.57. The zero-order valence-electron chi connectivity index (χ0n) is 19.4. The van der Waals surface area contributed by atoms with Gasteiger partial charge in [0.1, 0.15) is 10.1 Å². The summed E-state index contributed by atoms with van der Waals surface area (Å²) < 4.78 is 26.1. The molecular weight excluding hydrogens is 532 g/mol. The summed E-state index contributed by atoms with van der Waals surface area (Å²) in [6.07, 6.45) is 1.16. The standard InChI is InChI=1S/C27H19ClN2O5S2/c1-16-10-12-17(13-11-16)24(31)22-23(18-6-5-7-19(28)14-18)30(26(33)25(22)32)27-29-15-21(36-27)37(34,35)20-8-3-2-4-9-20/h2-15,22-23H,1H3. The molecule has 0 spiro atoms. The van der Waals surface area contributed by atoms with Crippen LogP contribution in [-0.4, -0.2) is 30.9 Å². The molecule has 2 unspecified atom stereocenters. The van der Waals surface area contributed by atoms with Crippen LogP contribution in [0.25, 0.3) is 0 Å². The highest BCUT2D eigenvalue weighted by Crippen LogP contribution is 2.44. The van der Waals surface area contributed by atoms with E-state index in [1.807, 2.05) is 6.92 Å². The van der Waals surface area contributed by atoms with Gasteiger partial charge in [0.25, 0.3) is 5.91 Å². The number of aromatic nitrogens is 1. The van der Waals surface area contributed by atoms with E-state index in [4.69, 9.17) is 11.6 Å². The number of hydrogen-bond acceptors (Lipinski definition) is 7. The summed E-state index contributed by atoms with van der Waals surface area (Å²) in [5.74, 6) is -3.70. The normalized spacial score (nSPS) is 17.8. The van der Waals surface area contributed by atoms with Gasteiger partial charge < -0.3 is 0 Å². The largest absolute Gasteiger partial charge is 0.297 e. The number of carbonyl (C=O) groups excluding carboxylic acids is 3. The van der Waals surface area contributed by atoms with Gasteiger partial charge in [-0.2, -0.15) is 0 Å². The van der Waals surface area contributed by atoms with Crippen LogP contribution in [0.15, 0.2) is 94.2 Å². The Morgan fingerprint density at radius 2 is 1.68 bits per heavy atom. The van der Waals surface area contributed by atoms with E-state index in [1.165, 1.54) is 12.1 Å². The van der Waals surface area contributed by atoms with Crippen LogP contribution in [0.4, 0.5) is 5.13 Å². The van der Waals surface area contributed by atoms with Gasteiger partial charge in [-0.15, -0.1) is 0 Å². The van der Waals surface area contributed by atoms with Crippen molar-refractivity contribution in [3.05, 3.63) is 107 Å². The number of aryl methyl sites for hydroxylation is 1. The van der Waals surface area contributed by atoms with E-state index in [9.17, 15) is 22.8 Å². The zero-order chi connectivity index (χ0) is 26.3. The lowest BCUT2D eigenvalue weighted by Gasteiger charge is -2.25. The van der Waals surface area contributed by atoms with Crippen molar-refractivity contribution >= 4 is 55.4 Å². The van der Waals surface area contributed by atoms with Gasteiger partial charge in [-0.25, -0.2) is 13.4 Å². The highest BCUT2D eigenvalue weighted by atomic mass is 35.5. The van der Waals surface area contributed by atoms with Crippen molar-refractivity contribution in [3.63, 3.8) is 0 Å². The number of halogens is 1. The Kier molecular flexibility index (Phi) is 6.53. The minimum atomic E-state index is -3.90. The molecule has 7 nitrogen and oxygen atoms in total. The number of ketones is 2. The van der Waals surface area contributed by atoms with Gasteiger partial charge >= 0.3 is 0 Å². The van der Waals surface area contributed by atoms with Gasteiger partial charge in [0, 0.05) is 10.6 Å². The highest BCUT2D eigenvalue weighted by Gasteiger charge is 2.53. The van der Waals surface area contributed by atoms with E-state index in [0.717, 1.165) is 28.0 Å². The fraction of sp³-hybridized carbons (Fsp3) is 0.111. The predicted octanol–water partition coefficient (Wildman–Crippen LogP) is 5.09. The summed E-state index contributed by atoms with van der Waals surface area (Å²) in [4.78, 5) is 45.5. The molecule has 4 aromatic rings. The summed E-state index contributed by atoms with van der Waals surface area (Å²) in [7, 11) is -3.90. The monoisotopic (exact) mass is 550 g/mol. The molecule has 1 saturated heterocycles. The van der Waals surface area contributed by atoms with Crippen molar-refractivity contribution in [1.82, 2.24) is 4.98 Å². The minimum absolute atomic E-state index is 0.00274. The van der Waals surface area contributed by atoms with Gasteiger partial charge in [0.15, 0.2) is 10.9 Å². The number of hydrogen-bond donors (Lipinski definition) is 0. The van der Waals surface area contributed by atoms with Crippen LogP contribution in [0.1, 0.15) is 27.5 Å². The van der Waals surface area contributed by atoms with E-state index in [2.05, 4.69) is 4.98 Å². The second-order valence-electron chi connectivity index (χ2n) is 8.53. The Balaban J connectivity index is 1.61. The first-order valence-electron chi connectivity index (χ1n) is 11.2. The summed E-state index contributed by atoms with van der Waals surface area (Å²) in [6, 6.07) is 20.1. The molecule has 1 aliphatic rings. The van der Waals surface area contributed by atoms with Crippen LogP contribution in [-0.2, 0) is 19.4 Å². The van der Waals surface area contributed by atoms with Gasteiger partial charge in [0.2, 0.25) is 15.6 Å². The molecule has 37 heavy (non-hydrogen) atoms. The average molecular weight is 551 g/mol. The number of anilines is 1. The molecule has 2 atom stereocenters. The molecule has 0 radical (unpaired) electrons. The first kappa shape index (κ1) is 25.0. The Labute approximate surface area is 222 Å². The number of thiazole rings is 1. The molecule has 0 N–H and O–H groups in total. The van der Waals surface area contributed by atoms with E-state index in [-0.39, 0.29) is 19.8 Å². The molecular formula is C27H19ClN2O5S2. The van der Waals surface area contributed by atoms with Crippen LogP contribution in [0.3, 0.4) is 0 Å². The Morgan fingerprint density at radius 1 is 0.973 bits per heavy atom. The molecule has 1 aliphatic heterocycles. The fourth-order valence-electron chi connectivity index (χ4n) is 4.27. The van der Waals surface area contributed by atoms with Crippen LogP contribution < -0.4 is 4.90 Å². The second-order valence-corrected chi connectivity index (χ2v) is 12.1. The van der Waals surface area contributed by atoms with Crippen LogP contribution in [0.2, 0.25) is 5.02 Å². The lowest BCUT2D eigenvalue weighted by atomic mass is 9.86. The Morgan fingerprint density at radius 3 is 2.35 bits per heavy atom. The number of amides is 1. The number of benzene rings is 3. The summed E-state index contributed by atoms with van der Waals surface area (Å²) in [6.45, 7) is 1.87. The smallest absolute Gasteiger partial charge is 0.293 e. The van der Waals surface area contributed by atoms with Crippen molar-refractivity contribution in [1.29, 1.82) is 0 Å². The molecule has 3 aromatic carbocycles. The summed E-state index contributed by atoms with van der Waals surface area (Å²) in [5, 5.41) is 0.356. The van der Waals surface area contributed by atoms with E-state index in [1.54, 1.807) is 66.7 Å². The van der Waals surface area contributed by atoms with Crippen LogP contribution >= 0.6 is 22.9 Å². The lowest BCUT2D eigenvalue weighted by Crippen LogP contribution is -2.30. The van der Waals surface area contributed by atoms with Crippen LogP contribution in [0, 0.1) is 12.8 Å². The number of Topliss-reactive ketones (excluding diaryl/α,β-unsaturated/α-hetero) is 2. The molecule has 10 heteroatoms. The number of sulfone groups is 1. The zero-order valence-corrected chi connectivity index (χ0v) is 21.8. The third kappa shape index (κ3) is 4.50. The summed E-state index contributed by atoms with van der Waals surface area (Å²) >= 11 is 6.98. The average Bonchev–Trinajstić information content (AvgIpc) is 3.48. The van der Waals surface area contributed by atoms with Crippen molar-refractivity contribution < 1.29 is 22.8 Å². The third-order valence-electron chi connectivity index (χ3n) is 6.11. The van der Waals surface area contributed by atoms with Crippen molar-refractivity contribution in [2.75, 3.05) is 4.90 Å². The van der Waals surface area contributed by atoms with Gasteiger partial charge in [-0.1, -0.05) is 83.1 Å². The van der Waals surface area contributed by atoms with E-state index in [0.29, 0.717) is 10.6 Å². The number of carbonyl (C=O) groups is 3. The first-order chi connectivity index (χ1) is 17.7. The SMILES string of the molecule is Cc1ccc(C(=O)C2C(=O)C(=O)N(c3ncc(S(=O)(=O)c4ccccc4)s3)C2c2cccc(Cl)c2)cc1. The molecule has 0 aliphatic carbocycles. The Bertz CT molecular complexity index is 1630. The lowest BCUT2D eigenvalue weighted by molar-refractivity contribution is -0.135. The number of rotatable bonds is 6. The highest BCUT2D eigenvalue weighted by molar-refractivity contribution is 7.93. The van der Waals surface area contributed by atoms with Crippen molar-refractivity contribution in [2.24, 2.45) is 5.92 Å². The maximum absolute atomic E-state index is 13.6. The van der Waals surface area contributed by atoms with Crippen molar-refractivity contribution in [2.45, 2.75) is 22.1 Å². The summed E-state index contributed by atoms with van der Waals surface area (Å²) in [5.41, 5.74) is 1.69. The van der Waals surface area contributed by atoms with Gasteiger partial charge in [-0.05, 0) is 36.8 Å². The maximum atomic E-state index is 13.6. The minimum Gasteiger partial charge on any atom is -0.293 e. The molecule has 1 fully saturated rings. The Hall–Kier alpha value is -3.66. The molecule has 5 rings (SSSR count). The van der Waals surface area contributed by atoms with Gasteiger partial charge in [-0.3, -0.25) is 19.3 Å². The molecule has 0 saturated carbocycles. The van der Waals surface area contributed by atoms with Crippen LogP contribution in [0.5, 0.6) is 0 Å². The molecule has 0 bridgehead atoms. The fourth-order valence-corrected chi connectivity index (χ4v) is 7.04. The quantitative estimate of drug-likeness (QED) is 0.188. The first-order valence-corrected chi connectivity index (χ1v) is 13.9.